The third kappa shape index (κ3) is 2.71. The topological polar surface area (TPSA) is 47.3 Å². The lowest BCUT2D eigenvalue weighted by Crippen LogP contribution is -2.02. The summed E-state index contributed by atoms with van der Waals surface area (Å²) in [7, 11) is 1.62. The van der Waals surface area contributed by atoms with Gasteiger partial charge < -0.3 is 15.8 Å². The molecule has 90 valence electrons. The Morgan fingerprint density at radius 2 is 2.12 bits per heavy atom. The number of hydrogen-bond acceptors (Lipinski definition) is 4. The van der Waals surface area contributed by atoms with Crippen molar-refractivity contribution in [3.05, 3.63) is 40.1 Å². The van der Waals surface area contributed by atoms with Crippen LogP contribution in [0.15, 0.2) is 30.3 Å². The van der Waals surface area contributed by atoms with Crippen LogP contribution in [0.3, 0.4) is 0 Å². The molecule has 4 heteroatoms. The van der Waals surface area contributed by atoms with Crippen LogP contribution in [0.4, 0.5) is 11.4 Å². The molecule has 0 aliphatic rings. The highest BCUT2D eigenvalue weighted by molar-refractivity contribution is 7.11. The van der Waals surface area contributed by atoms with Crippen LogP contribution in [0.1, 0.15) is 9.75 Å². The molecule has 0 saturated heterocycles. The van der Waals surface area contributed by atoms with Gasteiger partial charge in [-0.2, -0.15) is 0 Å². The summed E-state index contributed by atoms with van der Waals surface area (Å²) in [5.74, 6) is 0.706. The molecule has 3 N–H and O–H groups in total. The van der Waals surface area contributed by atoms with Crippen LogP contribution in [-0.2, 0) is 6.54 Å². The van der Waals surface area contributed by atoms with Gasteiger partial charge in [-0.3, -0.25) is 0 Å². The Morgan fingerprint density at radius 1 is 1.29 bits per heavy atom. The third-order valence-corrected chi connectivity index (χ3v) is 3.54. The number of thiophene rings is 1. The van der Waals surface area contributed by atoms with E-state index in [2.05, 4.69) is 24.4 Å². The molecule has 0 radical (unpaired) electrons. The lowest BCUT2D eigenvalue weighted by molar-refractivity contribution is 0.417. The summed E-state index contributed by atoms with van der Waals surface area (Å²) in [4.78, 5) is 2.62. The molecular weight excluding hydrogens is 232 g/mol. The molecule has 0 unspecified atom stereocenters. The largest absolute Gasteiger partial charge is 0.495 e. The molecule has 1 heterocycles. The third-order valence-electron chi connectivity index (χ3n) is 2.54. The highest BCUT2D eigenvalue weighted by Gasteiger charge is 2.04. The number of hydrogen-bond donors (Lipinski definition) is 2. The molecule has 2 rings (SSSR count). The lowest BCUT2D eigenvalue weighted by Gasteiger charge is -2.11. The van der Waals surface area contributed by atoms with E-state index in [1.54, 1.807) is 18.4 Å². The van der Waals surface area contributed by atoms with Gasteiger partial charge in [0.2, 0.25) is 0 Å². The van der Waals surface area contributed by atoms with Crippen molar-refractivity contribution in [2.75, 3.05) is 18.2 Å². The summed E-state index contributed by atoms with van der Waals surface area (Å²) in [6.45, 7) is 2.89. The van der Waals surface area contributed by atoms with Crippen LogP contribution in [-0.4, -0.2) is 7.11 Å². The summed E-state index contributed by atoms with van der Waals surface area (Å²) in [6, 6.07) is 9.99. The maximum Gasteiger partial charge on any atom is 0.143 e. The zero-order valence-corrected chi connectivity index (χ0v) is 10.8. The van der Waals surface area contributed by atoms with Gasteiger partial charge in [0.05, 0.1) is 18.5 Å². The first-order valence-corrected chi connectivity index (χ1v) is 6.24. The summed E-state index contributed by atoms with van der Waals surface area (Å²) in [6.07, 6.45) is 0. The summed E-state index contributed by atoms with van der Waals surface area (Å²) >= 11 is 1.79. The molecule has 2 aromatic rings. The van der Waals surface area contributed by atoms with E-state index in [1.165, 1.54) is 9.75 Å². The Bertz CT molecular complexity index is 508. The minimum atomic E-state index is 0.656. The first kappa shape index (κ1) is 11.8. The molecule has 1 aromatic carbocycles. The van der Waals surface area contributed by atoms with Gasteiger partial charge in [-0.25, -0.2) is 0 Å². The Kier molecular flexibility index (Phi) is 3.54. The van der Waals surface area contributed by atoms with E-state index < -0.39 is 0 Å². The SMILES string of the molecule is COc1cccc(NCc2ccc(C)s2)c1N. The van der Waals surface area contributed by atoms with E-state index in [9.17, 15) is 0 Å². The van der Waals surface area contributed by atoms with Crippen molar-refractivity contribution in [2.45, 2.75) is 13.5 Å². The van der Waals surface area contributed by atoms with Gasteiger partial charge >= 0.3 is 0 Å². The van der Waals surface area contributed by atoms with Crippen molar-refractivity contribution in [1.82, 2.24) is 0 Å². The number of nitrogens with two attached hydrogens (primary N) is 1. The Balaban J connectivity index is 2.09. The Morgan fingerprint density at radius 3 is 2.76 bits per heavy atom. The molecule has 0 spiro atoms. The van der Waals surface area contributed by atoms with Gasteiger partial charge in [-0.1, -0.05) is 6.07 Å². The summed E-state index contributed by atoms with van der Waals surface area (Å²) < 4.78 is 5.18. The van der Waals surface area contributed by atoms with Gasteiger partial charge in [-0.05, 0) is 31.2 Å². The lowest BCUT2D eigenvalue weighted by atomic mass is 10.2. The van der Waals surface area contributed by atoms with Gasteiger partial charge in [-0.15, -0.1) is 11.3 Å². The number of para-hydroxylation sites is 1. The first-order valence-electron chi connectivity index (χ1n) is 5.42. The second-order valence-electron chi connectivity index (χ2n) is 3.79. The fourth-order valence-corrected chi connectivity index (χ4v) is 2.47. The predicted molar refractivity (Wildman–Crippen MR) is 73.8 cm³/mol. The molecule has 0 atom stereocenters. The number of ether oxygens (including phenoxy) is 1. The van der Waals surface area contributed by atoms with Crippen molar-refractivity contribution < 1.29 is 4.74 Å². The van der Waals surface area contributed by atoms with E-state index in [0.717, 1.165) is 12.2 Å². The second kappa shape index (κ2) is 5.10. The molecule has 17 heavy (non-hydrogen) atoms. The van der Waals surface area contributed by atoms with Crippen molar-refractivity contribution >= 4 is 22.7 Å². The predicted octanol–water partition coefficient (Wildman–Crippen LogP) is 3.26. The van der Waals surface area contributed by atoms with E-state index in [-0.39, 0.29) is 0 Å². The number of nitrogen functional groups attached to an aromatic ring is 1. The Hall–Kier alpha value is -1.68. The highest BCUT2D eigenvalue weighted by Crippen LogP contribution is 2.29. The van der Waals surface area contributed by atoms with E-state index in [0.29, 0.717) is 11.4 Å². The molecule has 0 saturated carbocycles. The van der Waals surface area contributed by atoms with E-state index in [1.807, 2.05) is 18.2 Å². The molecule has 0 aliphatic heterocycles. The van der Waals surface area contributed by atoms with Crippen LogP contribution >= 0.6 is 11.3 Å². The molecule has 0 fully saturated rings. The van der Waals surface area contributed by atoms with Gasteiger partial charge in [0.15, 0.2) is 0 Å². The number of nitrogens with one attached hydrogen (secondary N) is 1. The molecule has 3 nitrogen and oxygen atoms in total. The number of benzene rings is 1. The molecule has 0 amide bonds. The van der Waals surface area contributed by atoms with Crippen LogP contribution in [0, 0.1) is 6.92 Å². The minimum absolute atomic E-state index is 0.656. The quantitative estimate of drug-likeness (QED) is 0.816. The van der Waals surface area contributed by atoms with Crippen molar-refractivity contribution in [3.63, 3.8) is 0 Å². The number of anilines is 2. The van der Waals surface area contributed by atoms with Crippen molar-refractivity contribution in [2.24, 2.45) is 0 Å². The number of methoxy groups -OCH3 is 1. The Labute approximate surface area is 105 Å². The van der Waals surface area contributed by atoms with E-state index >= 15 is 0 Å². The summed E-state index contributed by atoms with van der Waals surface area (Å²) in [5.41, 5.74) is 7.55. The average molecular weight is 248 g/mol. The number of rotatable bonds is 4. The van der Waals surface area contributed by atoms with Crippen molar-refractivity contribution in [1.29, 1.82) is 0 Å². The standard InChI is InChI=1S/C13H16N2OS/c1-9-6-7-10(17-9)8-15-11-4-3-5-12(16-2)13(11)14/h3-7,15H,8,14H2,1-2H3. The number of aryl methyl sites for hydroxylation is 1. The minimum Gasteiger partial charge on any atom is -0.495 e. The van der Waals surface area contributed by atoms with Crippen molar-refractivity contribution in [3.8, 4) is 5.75 Å². The van der Waals surface area contributed by atoms with E-state index in [4.69, 9.17) is 10.5 Å². The maximum atomic E-state index is 5.98. The van der Waals surface area contributed by atoms with Gasteiger partial charge in [0, 0.05) is 16.3 Å². The van der Waals surface area contributed by atoms with Crippen LogP contribution in [0.5, 0.6) is 5.75 Å². The zero-order chi connectivity index (χ0) is 12.3. The molecule has 0 bridgehead atoms. The van der Waals surface area contributed by atoms with Gasteiger partial charge in [0.1, 0.15) is 5.75 Å². The van der Waals surface area contributed by atoms with Crippen LogP contribution in [0.2, 0.25) is 0 Å². The fraction of sp³-hybridized carbons (Fsp3) is 0.231. The maximum absolute atomic E-state index is 5.98. The second-order valence-corrected chi connectivity index (χ2v) is 5.16. The normalized spacial score (nSPS) is 10.2. The summed E-state index contributed by atoms with van der Waals surface area (Å²) in [5, 5.41) is 3.32. The monoisotopic (exact) mass is 248 g/mol. The smallest absolute Gasteiger partial charge is 0.143 e. The zero-order valence-electron chi connectivity index (χ0n) is 9.99. The first-order chi connectivity index (χ1) is 8.20. The van der Waals surface area contributed by atoms with Crippen LogP contribution in [0.25, 0.3) is 0 Å². The van der Waals surface area contributed by atoms with Crippen LogP contribution < -0.4 is 15.8 Å². The highest BCUT2D eigenvalue weighted by atomic mass is 32.1. The fourth-order valence-electron chi connectivity index (χ4n) is 1.64. The molecule has 0 aliphatic carbocycles. The van der Waals surface area contributed by atoms with Gasteiger partial charge in [0.25, 0.3) is 0 Å². The average Bonchev–Trinajstić information content (AvgIpc) is 2.74. The molecule has 1 aromatic heterocycles. The molecular formula is C13H16N2OS.